The Morgan fingerprint density at radius 1 is 0.796 bits per heavy atom. The Morgan fingerprint density at radius 2 is 1.39 bits per heavy atom. The maximum absolute atomic E-state index is 13.6. The fourth-order valence-corrected chi connectivity index (χ4v) is 5.75. The van der Waals surface area contributed by atoms with Crippen LogP contribution in [0.5, 0.6) is 0 Å². The molecular formula is C36H33F6N5O2. The first kappa shape index (κ1) is 35.0. The van der Waals surface area contributed by atoms with Gasteiger partial charge in [0, 0.05) is 25.3 Å². The molecule has 0 aliphatic carbocycles. The first-order valence-electron chi connectivity index (χ1n) is 15.4. The molecule has 7 nitrogen and oxygen atoms in total. The van der Waals surface area contributed by atoms with E-state index in [1.807, 2.05) is 65.6 Å². The summed E-state index contributed by atoms with van der Waals surface area (Å²) in [6.45, 7) is 1.25. The smallest absolute Gasteiger partial charge is 0.399 e. The number of H-pyrrole nitrogens is 1. The van der Waals surface area contributed by atoms with Crippen LogP contribution in [0.4, 0.5) is 38.0 Å². The number of rotatable bonds is 6. The molecule has 0 unspecified atom stereocenters. The Hall–Kier alpha value is -5.33. The Labute approximate surface area is 277 Å². The van der Waals surface area contributed by atoms with Crippen LogP contribution in [-0.4, -0.2) is 29.0 Å². The number of nitrogens with two attached hydrogens (primary N) is 1. The second-order valence-corrected chi connectivity index (χ2v) is 11.8. The van der Waals surface area contributed by atoms with Crippen LogP contribution >= 0.6 is 0 Å². The van der Waals surface area contributed by atoms with Crippen LogP contribution in [0.25, 0.3) is 10.9 Å². The van der Waals surface area contributed by atoms with Crippen molar-refractivity contribution >= 4 is 28.4 Å². The van der Waals surface area contributed by atoms with Crippen LogP contribution < -0.4 is 21.5 Å². The highest BCUT2D eigenvalue weighted by molar-refractivity contribution is 5.83. The largest absolute Gasteiger partial charge is 0.416 e. The van der Waals surface area contributed by atoms with E-state index in [2.05, 4.69) is 15.3 Å². The van der Waals surface area contributed by atoms with Gasteiger partial charge in [0.15, 0.2) is 0 Å². The molecule has 0 atom stereocenters. The van der Waals surface area contributed by atoms with Crippen molar-refractivity contribution in [2.45, 2.75) is 38.2 Å². The van der Waals surface area contributed by atoms with Gasteiger partial charge in [-0.1, -0.05) is 66.7 Å². The molecule has 1 amide bonds. The molecule has 1 fully saturated rings. The number of hydrogen-bond donors (Lipinski definition) is 3. The fraction of sp³-hybridized carbons (Fsp3) is 0.250. The van der Waals surface area contributed by atoms with Gasteiger partial charge in [0.05, 0.1) is 27.4 Å². The number of halogens is 6. The highest BCUT2D eigenvalue weighted by Gasteiger charge is 2.42. The molecule has 6 rings (SSSR count). The van der Waals surface area contributed by atoms with Crippen molar-refractivity contribution in [3.05, 3.63) is 136 Å². The predicted molar refractivity (Wildman–Crippen MR) is 176 cm³/mol. The number of fused-ring (bicyclic) bond motifs is 1. The van der Waals surface area contributed by atoms with Gasteiger partial charge >= 0.3 is 12.4 Å². The molecule has 256 valence electrons. The quantitative estimate of drug-likeness (QED) is 0.128. The van der Waals surface area contributed by atoms with E-state index >= 15 is 0 Å². The standard InChI is InChI=1S/C29H27F3N4O2.C7H6F3N/c30-29(31,32)22-11-12-23-24(17-22)34-27(35-25(23)37)36-15-13-28(14-16-36,18-20-7-3-1-4-8-20)26(38)33-19-21-9-5-2-6-10-21;8-7(9,10)5-2-1-3-6(11)4-5/h1-12,17H,13-16,18-19H2,(H,33,38)(H,34,35,37);1-4H,11H2. The van der Waals surface area contributed by atoms with Crippen molar-refractivity contribution in [3.63, 3.8) is 0 Å². The fourth-order valence-electron chi connectivity index (χ4n) is 5.75. The molecule has 5 aromatic rings. The van der Waals surface area contributed by atoms with Crippen LogP contribution in [-0.2, 0) is 30.1 Å². The number of aromatic nitrogens is 2. The normalized spacial score (nSPS) is 14.5. The lowest BCUT2D eigenvalue weighted by atomic mass is 9.73. The Kier molecular flexibility index (Phi) is 10.3. The lowest BCUT2D eigenvalue weighted by Gasteiger charge is -2.41. The number of carbonyl (C=O) groups is 1. The van der Waals surface area contributed by atoms with Crippen LogP contribution in [0, 0.1) is 5.41 Å². The van der Waals surface area contributed by atoms with Gasteiger partial charge < -0.3 is 16.0 Å². The summed E-state index contributed by atoms with van der Waals surface area (Å²) in [5.74, 6) is 0.166. The summed E-state index contributed by atoms with van der Waals surface area (Å²) in [4.78, 5) is 35.1. The van der Waals surface area contributed by atoms with Crippen molar-refractivity contribution in [2.75, 3.05) is 23.7 Å². The van der Waals surface area contributed by atoms with Gasteiger partial charge in [-0.3, -0.25) is 14.6 Å². The lowest BCUT2D eigenvalue weighted by Crippen LogP contribution is -2.50. The maximum Gasteiger partial charge on any atom is 0.416 e. The lowest BCUT2D eigenvalue weighted by molar-refractivity contribution is -0.138. The van der Waals surface area contributed by atoms with Crippen LogP contribution in [0.3, 0.4) is 0 Å². The maximum atomic E-state index is 13.6. The molecule has 0 radical (unpaired) electrons. The van der Waals surface area contributed by atoms with Gasteiger partial charge in [-0.25, -0.2) is 4.98 Å². The third kappa shape index (κ3) is 8.78. The summed E-state index contributed by atoms with van der Waals surface area (Å²) in [7, 11) is 0. The predicted octanol–water partition coefficient (Wildman–Crippen LogP) is 7.38. The van der Waals surface area contributed by atoms with E-state index < -0.39 is 34.5 Å². The minimum Gasteiger partial charge on any atom is -0.399 e. The monoisotopic (exact) mass is 681 g/mol. The summed E-state index contributed by atoms with van der Waals surface area (Å²) >= 11 is 0. The third-order valence-corrected chi connectivity index (χ3v) is 8.42. The number of benzene rings is 4. The molecule has 49 heavy (non-hydrogen) atoms. The first-order valence-corrected chi connectivity index (χ1v) is 15.4. The van der Waals surface area contributed by atoms with Gasteiger partial charge in [0.2, 0.25) is 11.9 Å². The molecule has 0 bridgehead atoms. The Bertz CT molecular complexity index is 1940. The van der Waals surface area contributed by atoms with E-state index in [1.165, 1.54) is 12.1 Å². The van der Waals surface area contributed by atoms with Crippen LogP contribution in [0.1, 0.15) is 35.1 Å². The SMILES string of the molecule is Nc1cccc(C(F)(F)F)c1.O=C(NCc1ccccc1)C1(Cc2ccccc2)CCN(c2nc3cc(C(F)(F)F)ccc3c(=O)[nH]2)CC1. The Balaban J connectivity index is 0.000000363. The highest BCUT2D eigenvalue weighted by atomic mass is 19.4. The van der Waals surface area contributed by atoms with Crippen molar-refractivity contribution in [3.8, 4) is 0 Å². The summed E-state index contributed by atoms with van der Waals surface area (Å²) in [5, 5.41) is 3.20. The van der Waals surface area contributed by atoms with Gasteiger partial charge in [-0.05, 0) is 66.8 Å². The zero-order chi connectivity index (χ0) is 35.2. The number of nitrogens with one attached hydrogen (secondary N) is 2. The Morgan fingerprint density at radius 3 is 1.96 bits per heavy atom. The number of carbonyl (C=O) groups excluding carboxylic acids is 1. The van der Waals surface area contributed by atoms with E-state index in [0.717, 1.165) is 41.5 Å². The number of nitrogens with zero attached hydrogens (tertiary/aromatic N) is 2. The van der Waals surface area contributed by atoms with Crippen molar-refractivity contribution in [2.24, 2.45) is 5.41 Å². The van der Waals surface area contributed by atoms with Gasteiger partial charge in [0.1, 0.15) is 0 Å². The first-order chi connectivity index (χ1) is 23.2. The molecule has 0 spiro atoms. The zero-order valence-corrected chi connectivity index (χ0v) is 26.1. The molecule has 4 aromatic carbocycles. The van der Waals surface area contributed by atoms with E-state index in [-0.39, 0.29) is 28.4 Å². The summed E-state index contributed by atoms with van der Waals surface area (Å²) in [6.07, 6.45) is -7.29. The van der Waals surface area contributed by atoms with E-state index in [0.29, 0.717) is 38.9 Å². The topological polar surface area (TPSA) is 104 Å². The van der Waals surface area contributed by atoms with Crippen LogP contribution in [0.15, 0.2) is 108 Å². The van der Waals surface area contributed by atoms with Gasteiger partial charge in [0.25, 0.3) is 5.56 Å². The molecular weight excluding hydrogens is 648 g/mol. The summed E-state index contributed by atoms with van der Waals surface area (Å²) < 4.78 is 75.4. The van der Waals surface area contributed by atoms with Crippen LogP contribution in [0.2, 0.25) is 0 Å². The minimum absolute atomic E-state index is 0.0136. The number of hydrogen-bond acceptors (Lipinski definition) is 5. The zero-order valence-electron chi connectivity index (χ0n) is 26.1. The van der Waals surface area contributed by atoms with Gasteiger partial charge in [-0.2, -0.15) is 26.3 Å². The highest BCUT2D eigenvalue weighted by Crippen LogP contribution is 2.37. The second kappa shape index (κ2) is 14.4. The number of nitrogen functional groups attached to an aromatic ring is 1. The van der Waals surface area contributed by atoms with E-state index in [4.69, 9.17) is 5.73 Å². The van der Waals surface area contributed by atoms with E-state index in [9.17, 15) is 35.9 Å². The molecule has 1 aliphatic heterocycles. The number of anilines is 2. The molecule has 2 heterocycles. The number of aromatic amines is 1. The molecule has 1 aliphatic rings. The molecule has 1 saturated heterocycles. The summed E-state index contributed by atoms with van der Waals surface area (Å²) in [5.41, 5.74) is 4.58. The van der Waals surface area contributed by atoms with Gasteiger partial charge in [-0.15, -0.1) is 0 Å². The van der Waals surface area contributed by atoms with Crippen molar-refractivity contribution in [1.29, 1.82) is 0 Å². The average molecular weight is 682 g/mol. The molecule has 4 N–H and O–H groups in total. The molecule has 1 aromatic heterocycles. The van der Waals surface area contributed by atoms with E-state index in [1.54, 1.807) is 0 Å². The average Bonchev–Trinajstić information content (AvgIpc) is 3.07. The van der Waals surface area contributed by atoms with Crippen molar-refractivity contribution < 1.29 is 31.1 Å². The third-order valence-electron chi connectivity index (χ3n) is 8.42. The number of amides is 1. The van der Waals surface area contributed by atoms with Crippen molar-refractivity contribution in [1.82, 2.24) is 15.3 Å². The number of piperidine rings is 1. The molecule has 0 saturated carbocycles. The summed E-state index contributed by atoms with van der Waals surface area (Å²) in [6, 6.07) is 27.0. The second-order valence-electron chi connectivity index (χ2n) is 11.8. The minimum atomic E-state index is -4.53. The number of alkyl halides is 6. The molecule has 13 heteroatoms.